The van der Waals surface area contributed by atoms with Crippen molar-refractivity contribution in [1.29, 1.82) is 0 Å². The Kier molecular flexibility index (Phi) is 4.92. The smallest absolute Gasteiger partial charge is 0.242 e. The molecule has 0 saturated carbocycles. The number of sulfonamides is 1. The zero-order valence-corrected chi connectivity index (χ0v) is 13.5. The van der Waals surface area contributed by atoms with Crippen molar-refractivity contribution in [3.63, 3.8) is 0 Å². The number of nitrogens with two attached hydrogens (primary N) is 1. The van der Waals surface area contributed by atoms with Crippen LogP contribution in [0.5, 0.6) is 0 Å². The van der Waals surface area contributed by atoms with Gasteiger partial charge in [-0.15, -0.1) is 0 Å². The number of pyridine rings is 1. The maximum absolute atomic E-state index is 12.4. The fourth-order valence-electron chi connectivity index (χ4n) is 2.18. The van der Waals surface area contributed by atoms with E-state index in [0.29, 0.717) is 19.8 Å². The van der Waals surface area contributed by atoms with E-state index in [4.69, 9.17) is 22.7 Å². The molecule has 0 amide bonds. The highest BCUT2D eigenvalue weighted by molar-refractivity contribution is 7.89. The Bertz CT molecular complexity index is 625. The average molecular weight is 329 g/mol. The zero-order valence-electron chi connectivity index (χ0n) is 11.8. The van der Waals surface area contributed by atoms with Crippen molar-refractivity contribution in [1.82, 2.24) is 9.71 Å². The van der Waals surface area contributed by atoms with Gasteiger partial charge in [0, 0.05) is 26.0 Å². The van der Waals surface area contributed by atoms with E-state index in [-0.39, 0.29) is 21.0 Å². The number of thiocarbonyl (C=S) groups is 1. The number of nitrogens with one attached hydrogen (secondary N) is 1. The van der Waals surface area contributed by atoms with Gasteiger partial charge in [-0.2, -0.15) is 0 Å². The Labute approximate surface area is 130 Å². The third-order valence-corrected chi connectivity index (χ3v) is 5.31. The molecule has 1 aromatic rings. The Balaban J connectivity index is 2.17. The Hall–Kier alpha value is -1.09. The minimum atomic E-state index is -3.69. The van der Waals surface area contributed by atoms with Gasteiger partial charge in [-0.25, -0.2) is 13.1 Å². The van der Waals surface area contributed by atoms with Crippen molar-refractivity contribution in [2.75, 3.05) is 19.8 Å². The number of rotatable bonds is 5. The van der Waals surface area contributed by atoms with E-state index in [9.17, 15) is 8.42 Å². The lowest BCUT2D eigenvalue weighted by molar-refractivity contribution is 0.0264. The number of hydrogen-bond donors (Lipinski definition) is 2. The van der Waals surface area contributed by atoms with Crippen molar-refractivity contribution in [3.05, 3.63) is 24.0 Å². The van der Waals surface area contributed by atoms with Gasteiger partial charge in [-0.05, 0) is 30.4 Å². The second-order valence-corrected chi connectivity index (χ2v) is 7.64. The molecule has 0 bridgehead atoms. The Morgan fingerprint density at radius 3 is 2.81 bits per heavy atom. The van der Waals surface area contributed by atoms with Crippen LogP contribution in [0.15, 0.2) is 23.2 Å². The molecule has 0 radical (unpaired) electrons. The highest BCUT2D eigenvalue weighted by atomic mass is 32.2. The molecule has 1 aliphatic rings. The minimum Gasteiger partial charge on any atom is -0.388 e. The second kappa shape index (κ2) is 6.35. The normalized spacial score (nSPS) is 18.3. The Morgan fingerprint density at radius 2 is 2.19 bits per heavy atom. The highest BCUT2D eigenvalue weighted by Gasteiger charge is 2.30. The van der Waals surface area contributed by atoms with E-state index in [0.717, 1.165) is 12.8 Å². The molecule has 2 heterocycles. The van der Waals surface area contributed by atoms with Crippen LogP contribution < -0.4 is 10.5 Å². The van der Waals surface area contributed by atoms with Crippen LogP contribution in [0.4, 0.5) is 0 Å². The van der Waals surface area contributed by atoms with Crippen LogP contribution in [0, 0.1) is 5.41 Å². The third kappa shape index (κ3) is 3.97. The summed E-state index contributed by atoms with van der Waals surface area (Å²) in [6.45, 7) is 3.71. The van der Waals surface area contributed by atoms with Crippen molar-refractivity contribution in [2.45, 2.75) is 24.7 Å². The summed E-state index contributed by atoms with van der Waals surface area (Å²) in [7, 11) is -3.69. The van der Waals surface area contributed by atoms with Gasteiger partial charge in [-0.3, -0.25) is 4.98 Å². The zero-order chi connectivity index (χ0) is 15.5. The summed E-state index contributed by atoms with van der Waals surface area (Å²) < 4.78 is 32.8. The van der Waals surface area contributed by atoms with Gasteiger partial charge in [0.15, 0.2) is 0 Å². The third-order valence-electron chi connectivity index (χ3n) is 3.68. The molecular formula is C13H19N3O3S2. The fourth-order valence-corrected chi connectivity index (χ4v) is 3.78. The van der Waals surface area contributed by atoms with Crippen molar-refractivity contribution < 1.29 is 13.2 Å². The largest absolute Gasteiger partial charge is 0.388 e. The van der Waals surface area contributed by atoms with Crippen molar-refractivity contribution >= 4 is 27.2 Å². The standard InChI is InChI=1S/C13H19N3O3S2/c1-13(4-7-19-8-5-13)9-16-21(17,18)10-3-2-6-15-11(10)12(14)20/h2-3,6,16H,4-5,7-9H2,1H3,(H2,14,20). The Morgan fingerprint density at radius 1 is 1.52 bits per heavy atom. The molecule has 0 unspecified atom stereocenters. The molecule has 0 spiro atoms. The van der Waals surface area contributed by atoms with E-state index in [1.165, 1.54) is 12.3 Å². The first kappa shape index (κ1) is 16.3. The molecule has 21 heavy (non-hydrogen) atoms. The molecule has 8 heteroatoms. The van der Waals surface area contributed by atoms with E-state index in [2.05, 4.69) is 16.6 Å². The number of hydrogen-bond acceptors (Lipinski definition) is 5. The van der Waals surface area contributed by atoms with Crippen LogP contribution in [0.3, 0.4) is 0 Å². The molecule has 0 atom stereocenters. The van der Waals surface area contributed by atoms with E-state index < -0.39 is 10.0 Å². The van der Waals surface area contributed by atoms with Gasteiger partial charge in [0.2, 0.25) is 10.0 Å². The van der Waals surface area contributed by atoms with Crippen LogP contribution in [0.1, 0.15) is 25.5 Å². The molecule has 2 rings (SSSR count). The van der Waals surface area contributed by atoms with Crippen LogP contribution >= 0.6 is 12.2 Å². The van der Waals surface area contributed by atoms with E-state index >= 15 is 0 Å². The fraction of sp³-hybridized carbons (Fsp3) is 0.538. The van der Waals surface area contributed by atoms with Gasteiger partial charge in [0.05, 0.1) is 0 Å². The predicted octanol–water partition coefficient (Wildman–Crippen LogP) is 0.811. The summed E-state index contributed by atoms with van der Waals surface area (Å²) in [5, 5.41) is 0. The van der Waals surface area contributed by atoms with Crippen LogP contribution in [0.2, 0.25) is 0 Å². The molecule has 0 aromatic carbocycles. The first-order valence-electron chi connectivity index (χ1n) is 6.66. The van der Waals surface area contributed by atoms with Gasteiger partial charge in [0.1, 0.15) is 15.6 Å². The topological polar surface area (TPSA) is 94.3 Å². The summed E-state index contributed by atoms with van der Waals surface area (Å²) in [6.07, 6.45) is 3.11. The molecule has 1 fully saturated rings. The average Bonchev–Trinajstić information content (AvgIpc) is 2.46. The molecule has 1 aliphatic heterocycles. The SMILES string of the molecule is CC1(CNS(=O)(=O)c2cccnc2C(N)=S)CCOCC1. The van der Waals surface area contributed by atoms with E-state index in [1.807, 2.05) is 0 Å². The van der Waals surface area contributed by atoms with Crippen LogP contribution in [-0.4, -0.2) is 38.1 Å². The maximum atomic E-state index is 12.4. The first-order chi connectivity index (χ1) is 9.84. The van der Waals surface area contributed by atoms with Crippen LogP contribution in [-0.2, 0) is 14.8 Å². The van der Waals surface area contributed by atoms with Crippen molar-refractivity contribution in [2.24, 2.45) is 11.1 Å². The summed E-state index contributed by atoms with van der Waals surface area (Å²) in [5.41, 5.74) is 5.56. The summed E-state index contributed by atoms with van der Waals surface area (Å²) in [6, 6.07) is 3.00. The van der Waals surface area contributed by atoms with Gasteiger partial charge in [-0.1, -0.05) is 19.1 Å². The molecule has 0 aliphatic carbocycles. The van der Waals surface area contributed by atoms with Gasteiger partial charge < -0.3 is 10.5 Å². The van der Waals surface area contributed by atoms with E-state index in [1.54, 1.807) is 6.07 Å². The monoisotopic (exact) mass is 329 g/mol. The van der Waals surface area contributed by atoms with Gasteiger partial charge >= 0.3 is 0 Å². The molecule has 116 valence electrons. The van der Waals surface area contributed by atoms with Gasteiger partial charge in [0.25, 0.3) is 0 Å². The maximum Gasteiger partial charge on any atom is 0.242 e. The summed E-state index contributed by atoms with van der Waals surface area (Å²) in [4.78, 5) is 3.94. The summed E-state index contributed by atoms with van der Waals surface area (Å²) in [5.74, 6) is 0. The molecule has 6 nitrogen and oxygen atoms in total. The van der Waals surface area contributed by atoms with Crippen molar-refractivity contribution in [3.8, 4) is 0 Å². The molecule has 1 saturated heterocycles. The number of aromatic nitrogens is 1. The lowest BCUT2D eigenvalue weighted by Gasteiger charge is -2.33. The minimum absolute atomic E-state index is 0.0214. The number of ether oxygens (including phenoxy) is 1. The lowest BCUT2D eigenvalue weighted by Crippen LogP contribution is -2.39. The summed E-state index contributed by atoms with van der Waals surface area (Å²) >= 11 is 4.86. The second-order valence-electron chi connectivity index (χ2n) is 5.46. The molecule has 1 aromatic heterocycles. The quantitative estimate of drug-likeness (QED) is 0.777. The molecule has 3 N–H and O–H groups in total. The van der Waals surface area contributed by atoms with Crippen LogP contribution in [0.25, 0.3) is 0 Å². The number of nitrogens with zero attached hydrogens (tertiary/aromatic N) is 1. The lowest BCUT2D eigenvalue weighted by atomic mass is 9.83. The molecular weight excluding hydrogens is 310 g/mol. The predicted molar refractivity (Wildman–Crippen MR) is 83.5 cm³/mol. The first-order valence-corrected chi connectivity index (χ1v) is 8.55. The highest BCUT2D eigenvalue weighted by Crippen LogP contribution is 2.29.